The van der Waals surface area contributed by atoms with Crippen LogP contribution >= 0.6 is 7.82 Å². The molecular formula is C48H91NO8P+. The van der Waals surface area contributed by atoms with Crippen molar-refractivity contribution in [1.82, 2.24) is 0 Å². The molecule has 0 aromatic heterocycles. The Kier molecular flexibility index (Phi) is 39.4. The summed E-state index contributed by atoms with van der Waals surface area (Å²) < 4.78 is 34.4. The van der Waals surface area contributed by atoms with Crippen molar-refractivity contribution < 1.29 is 42.1 Å². The minimum absolute atomic E-state index is 0.0278. The van der Waals surface area contributed by atoms with E-state index in [1.165, 1.54) is 116 Å². The second-order valence-electron chi connectivity index (χ2n) is 17.1. The molecule has 2 atom stereocenters. The Balaban J connectivity index is 4.34. The number of esters is 2. The number of ether oxygens (including phenoxy) is 2. The zero-order chi connectivity index (χ0) is 42.8. The molecule has 0 aromatic rings. The first-order valence-electron chi connectivity index (χ1n) is 23.7. The smallest absolute Gasteiger partial charge is 0.462 e. The summed E-state index contributed by atoms with van der Waals surface area (Å²) in [6, 6.07) is 0. The van der Waals surface area contributed by atoms with Crippen molar-refractivity contribution in [3.8, 4) is 0 Å². The van der Waals surface area contributed by atoms with Gasteiger partial charge in [0.2, 0.25) is 0 Å². The number of allylic oxidation sites excluding steroid dienone is 6. The Morgan fingerprint density at radius 3 is 1.41 bits per heavy atom. The monoisotopic (exact) mass is 841 g/mol. The van der Waals surface area contributed by atoms with Crippen molar-refractivity contribution in [3.63, 3.8) is 0 Å². The molecule has 0 aliphatic carbocycles. The maximum Gasteiger partial charge on any atom is 0.472 e. The molecule has 0 saturated carbocycles. The minimum atomic E-state index is -4.38. The van der Waals surface area contributed by atoms with Gasteiger partial charge in [-0.1, -0.05) is 179 Å². The molecule has 58 heavy (non-hydrogen) atoms. The van der Waals surface area contributed by atoms with Crippen molar-refractivity contribution >= 4 is 19.8 Å². The van der Waals surface area contributed by atoms with E-state index in [0.29, 0.717) is 17.4 Å². The third kappa shape index (κ3) is 43.8. The number of likely N-dealkylation sites (N-methyl/N-ethyl adjacent to an activating group) is 1. The summed E-state index contributed by atoms with van der Waals surface area (Å²) >= 11 is 0. The van der Waals surface area contributed by atoms with Gasteiger partial charge >= 0.3 is 19.8 Å². The van der Waals surface area contributed by atoms with Gasteiger partial charge < -0.3 is 18.9 Å². The summed E-state index contributed by atoms with van der Waals surface area (Å²) in [6.45, 7) is 4.39. The maximum atomic E-state index is 12.7. The van der Waals surface area contributed by atoms with Gasteiger partial charge in [-0.25, -0.2) is 4.57 Å². The highest BCUT2D eigenvalue weighted by Gasteiger charge is 2.27. The van der Waals surface area contributed by atoms with Crippen LogP contribution in [-0.4, -0.2) is 74.9 Å². The second kappa shape index (κ2) is 40.6. The van der Waals surface area contributed by atoms with Gasteiger partial charge in [0.05, 0.1) is 27.7 Å². The van der Waals surface area contributed by atoms with Crippen LogP contribution in [0.25, 0.3) is 0 Å². The number of carbonyl (C=O) groups is 2. The molecule has 0 fully saturated rings. The molecule has 0 bridgehead atoms. The van der Waals surface area contributed by atoms with E-state index in [9.17, 15) is 19.0 Å². The molecule has 0 saturated heterocycles. The van der Waals surface area contributed by atoms with E-state index in [-0.39, 0.29) is 32.0 Å². The fourth-order valence-corrected chi connectivity index (χ4v) is 7.17. The molecule has 0 amide bonds. The van der Waals surface area contributed by atoms with Crippen LogP contribution in [0.2, 0.25) is 0 Å². The van der Waals surface area contributed by atoms with E-state index in [0.717, 1.165) is 57.8 Å². The van der Waals surface area contributed by atoms with Gasteiger partial charge in [-0.15, -0.1) is 0 Å². The lowest BCUT2D eigenvalue weighted by Crippen LogP contribution is -2.37. The number of quaternary nitrogens is 1. The lowest BCUT2D eigenvalue weighted by atomic mass is 10.0. The SMILES string of the molecule is CCCCC/C=C\C/C=C\C/C=C\CCCCCCC(=O)O[C@H](COC(=O)CCCCCCCCCCCCCCCCCCC)COP(=O)(O)OCC[N+](C)(C)C. The molecule has 0 heterocycles. The summed E-state index contributed by atoms with van der Waals surface area (Å²) in [5, 5.41) is 0. The van der Waals surface area contributed by atoms with Crippen molar-refractivity contribution in [2.24, 2.45) is 0 Å². The van der Waals surface area contributed by atoms with Crippen molar-refractivity contribution in [1.29, 1.82) is 0 Å². The van der Waals surface area contributed by atoms with Gasteiger partial charge in [-0.2, -0.15) is 0 Å². The van der Waals surface area contributed by atoms with Crippen LogP contribution < -0.4 is 0 Å². The van der Waals surface area contributed by atoms with Crippen molar-refractivity contribution in [2.75, 3.05) is 47.5 Å². The van der Waals surface area contributed by atoms with Gasteiger partial charge in [0.1, 0.15) is 19.8 Å². The molecule has 340 valence electrons. The van der Waals surface area contributed by atoms with E-state index in [1.54, 1.807) is 0 Å². The van der Waals surface area contributed by atoms with E-state index in [1.807, 2.05) is 21.1 Å². The highest BCUT2D eigenvalue weighted by molar-refractivity contribution is 7.47. The topological polar surface area (TPSA) is 108 Å². The third-order valence-corrected chi connectivity index (χ3v) is 11.2. The first-order valence-corrected chi connectivity index (χ1v) is 25.2. The number of phosphoric acid groups is 1. The zero-order valence-corrected chi connectivity index (χ0v) is 39.2. The molecule has 1 N–H and O–H groups in total. The molecule has 0 spiro atoms. The standard InChI is InChI=1S/C48H90NO8P/c1-6-8-10-12-14-16-18-20-22-24-26-28-30-32-34-36-38-40-47(50)54-44-46(45-56-58(52,53)55-43-42-49(3,4)5)57-48(51)41-39-37-35-33-31-29-27-25-23-21-19-17-15-13-11-9-7-2/h15,17,21,23,27,29,46H,6-14,16,18-20,22,24-26,28,30-45H2,1-5H3/p+1/b17-15-,23-21-,29-27-/t46-/m1/s1. The fourth-order valence-electron chi connectivity index (χ4n) is 6.43. The summed E-state index contributed by atoms with van der Waals surface area (Å²) in [5.74, 6) is -0.817. The average Bonchev–Trinajstić information content (AvgIpc) is 3.17. The quantitative estimate of drug-likeness (QED) is 0.0213. The van der Waals surface area contributed by atoms with E-state index >= 15 is 0 Å². The predicted molar refractivity (Wildman–Crippen MR) is 243 cm³/mol. The van der Waals surface area contributed by atoms with Crippen LogP contribution in [0.15, 0.2) is 36.5 Å². The first kappa shape index (κ1) is 56.2. The molecule has 0 aliphatic heterocycles. The van der Waals surface area contributed by atoms with Crippen molar-refractivity contribution in [2.45, 2.75) is 213 Å². The van der Waals surface area contributed by atoms with Gasteiger partial charge in [-0.05, 0) is 51.4 Å². The summed E-state index contributed by atoms with van der Waals surface area (Å²) in [6.07, 6.45) is 46.1. The Bertz CT molecular complexity index is 1090. The highest BCUT2D eigenvalue weighted by Crippen LogP contribution is 2.43. The lowest BCUT2D eigenvalue weighted by Gasteiger charge is -2.24. The minimum Gasteiger partial charge on any atom is -0.462 e. The third-order valence-electron chi connectivity index (χ3n) is 10.2. The van der Waals surface area contributed by atoms with Gasteiger partial charge in [-0.3, -0.25) is 18.6 Å². The molecule has 0 aromatic carbocycles. The number of phosphoric ester groups is 1. The number of hydrogen-bond acceptors (Lipinski definition) is 7. The zero-order valence-electron chi connectivity index (χ0n) is 38.3. The summed E-state index contributed by atoms with van der Waals surface area (Å²) in [5.41, 5.74) is 0. The summed E-state index contributed by atoms with van der Waals surface area (Å²) in [7, 11) is 1.46. The molecule has 0 rings (SSSR count). The molecule has 0 aliphatic rings. The first-order chi connectivity index (χ1) is 28.0. The maximum absolute atomic E-state index is 12.7. The number of rotatable bonds is 43. The normalized spacial score (nSPS) is 13.8. The largest absolute Gasteiger partial charge is 0.472 e. The van der Waals surface area contributed by atoms with Crippen LogP contribution in [0, 0.1) is 0 Å². The number of carbonyl (C=O) groups excluding carboxylic acids is 2. The van der Waals surface area contributed by atoms with Crippen LogP contribution in [0.4, 0.5) is 0 Å². The van der Waals surface area contributed by atoms with Crippen LogP contribution in [-0.2, 0) is 32.7 Å². The second-order valence-corrected chi connectivity index (χ2v) is 18.6. The molecule has 9 nitrogen and oxygen atoms in total. The number of unbranched alkanes of at least 4 members (excludes halogenated alkanes) is 23. The summed E-state index contributed by atoms with van der Waals surface area (Å²) in [4.78, 5) is 35.4. The van der Waals surface area contributed by atoms with Crippen LogP contribution in [0.5, 0.6) is 0 Å². The molecule has 0 radical (unpaired) electrons. The van der Waals surface area contributed by atoms with Gasteiger partial charge in [0.15, 0.2) is 6.10 Å². The number of nitrogens with zero attached hydrogens (tertiary/aromatic N) is 1. The number of hydrogen-bond donors (Lipinski definition) is 1. The Morgan fingerprint density at radius 1 is 0.534 bits per heavy atom. The Morgan fingerprint density at radius 2 is 0.931 bits per heavy atom. The van der Waals surface area contributed by atoms with E-state index in [2.05, 4.69) is 50.3 Å². The molecule has 10 heteroatoms. The molecule has 1 unspecified atom stereocenters. The van der Waals surface area contributed by atoms with Gasteiger partial charge in [0, 0.05) is 12.8 Å². The van der Waals surface area contributed by atoms with Crippen LogP contribution in [0.3, 0.4) is 0 Å². The fraction of sp³-hybridized carbons (Fsp3) is 0.833. The predicted octanol–water partition coefficient (Wildman–Crippen LogP) is 13.7. The van der Waals surface area contributed by atoms with Crippen molar-refractivity contribution in [3.05, 3.63) is 36.5 Å². The Labute approximate surface area is 357 Å². The van der Waals surface area contributed by atoms with Crippen LogP contribution in [0.1, 0.15) is 206 Å². The lowest BCUT2D eigenvalue weighted by molar-refractivity contribution is -0.870. The van der Waals surface area contributed by atoms with E-state index < -0.39 is 26.5 Å². The molecular weight excluding hydrogens is 750 g/mol. The highest BCUT2D eigenvalue weighted by atomic mass is 31.2. The Hall–Kier alpha value is -1.77. The van der Waals surface area contributed by atoms with E-state index in [4.69, 9.17) is 18.5 Å². The average molecular weight is 841 g/mol. The van der Waals surface area contributed by atoms with Gasteiger partial charge in [0.25, 0.3) is 0 Å².